The number of halogens is 1. The van der Waals surface area contributed by atoms with E-state index in [2.05, 4.69) is 65.2 Å². The van der Waals surface area contributed by atoms with Gasteiger partial charge in [-0.3, -0.25) is 29.4 Å². The lowest BCUT2D eigenvalue weighted by Gasteiger charge is -2.63. The van der Waals surface area contributed by atoms with Crippen LogP contribution in [0, 0.1) is 28.1 Å². The minimum Gasteiger partial charge on any atom is -0.489 e. The van der Waals surface area contributed by atoms with E-state index >= 15 is 0 Å². The average molecular weight is 821 g/mol. The van der Waals surface area contributed by atoms with Crippen LogP contribution in [0.2, 0.25) is 5.02 Å². The minimum atomic E-state index is -0.602. The molecule has 5 aliphatic rings. The summed E-state index contributed by atoms with van der Waals surface area (Å²) in [5, 5.41) is 15.2. The molecule has 13 nitrogen and oxygen atoms in total. The Balaban J connectivity index is 0.763. The number of nitrogens with one attached hydrogen (secondary N) is 2. The Kier molecular flexibility index (Phi) is 11.1. The second-order valence-electron chi connectivity index (χ2n) is 18.0. The highest BCUT2D eigenvalue weighted by Gasteiger charge is 2.64. The summed E-state index contributed by atoms with van der Waals surface area (Å²) in [7, 11) is 0. The number of nitrogens with zero attached hydrogens (tertiary/aromatic N) is 6. The van der Waals surface area contributed by atoms with Crippen molar-refractivity contribution in [2.45, 2.75) is 84.5 Å². The summed E-state index contributed by atoms with van der Waals surface area (Å²) in [6.45, 7) is 15.4. The number of hydrogen-bond acceptors (Lipinski definition) is 10. The number of hydrogen-bond donors (Lipinski definition) is 2. The van der Waals surface area contributed by atoms with E-state index in [-0.39, 0.29) is 53.0 Å². The molecule has 3 saturated heterocycles. The third-order valence-corrected chi connectivity index (χ3v) is 13.8. The fraction of sp³-hybridized carbons (Fsp3) is 0.511. The molecule has 1 unspecified atom stereocenters. The first-order valence-corrected chi connectivity index (χ1v) is 21.2. The van der Waals surface area contributed by atoms with Crippen molar-refractivity contribution in [3.05, 3.63) is 82.0 Å². The number of carbonyl (C=O) groups excluding carboxylic acids is 4. The number of nitriles is 1. The molecule has 4 amide bonds. The van der Waals surface area contributed by atoms with Crippen molar-refractivity contribution in [1.82, 2.24) is 25.4 Å². The monoisotopic (exact) mass is 820 g/mol. The van der Waals surface area contributed by atoms with E-state index in [4.69, 9.17) is 21.3 Å². The number of carbonyl (C=O) groups is 4. The van der Waals surface area contributed by atoms with Gasteiger partial charge in [0.05, 0.1) is 16.1 Å². The zero-order valence-electron chi connectivity index (χ0n) is 34.3. The molecule has 0 bridgehead atoms. The van der Waals surface area contributed by atoms with Crippen LogP contribution < -0.4 is 25.2 Å². The van der Waals surface area contributed by atoms with Crippen molar-refractivity contribution in [2.24, 2.45) is 16.7 Å². The van der Waals surface area contributed by atoms with E-state index < -0.39 is 6.04 Å². The van der Waals surface area contributed by atoms with Crippen LogP contribution in [0.4, 0.5) is 11.5 Å². The molecule has 8 rings (SSSR count). The fourth-order valence-electron chi connectivity index (χ4n) is 10.3. The van der Waals surface area contributed by atoms with Gasteiger partial charge in [0, 0.05) is 92.6 Å². The maximum atomic E-state index is 13.5. The topological polar surface area (TPSA) is 151 Å². The lowest BCUT2D eigenvalue weighted by atomic mass is 9.49. The Morgan fingerprint density at radius 2 is 1.69 bits per heavy atom. The molecule has 4 aliphatic heterocycles. The van der Waals surface area contributed by atoms with Crippen LogP contribution >= 0.6 is 11.6 Å². The van der Waals surface area contributed by atoms with Crippen molar-refractivity contribution in [3.8, 4) is 11.8 Å². The summed E-state index contributed by atoms with van der Waals surface area (Å²) < 4.78 is 6.38. The van der Waals surface area contributed by atoms with Gasteiger partial charge in [0.1, 0.15) is 29.8 Å². The van der Waals surface area contributed by atoms with Crippen molar-refractivity contribution in [1.29, 1.82) is 5.26 Å². The van der Waals surface area contributed by atoms with Crippen LogP contribution in [-0.4, -0.2) is 102 Å². The predicted octanol–water partition coefficient (Wildman–Crippen LogP) is 5.41. The van der Waals surface area contributed by atoms with Crippen molar-refractivity contribution in [3.63, 3.8) is 0 Å². The molecule has 4 fully saturated rings. The number of rotatable bonds is 10. The largest absolute Gasteiger partial charge is 0.489 e. The summed E-state index contributed by atoms with van der Waals surface area (Å²) in [5.41, 5.74) is 2.83. The van der Waals surface area contributed by atoms with Crippen LogP contribution in [0.25, 0.3) is 0 Å². The van der Waals surface area contributed by atoms with Gasteiger partial charge in [-0.25, -0.2) is 4.98 Å². The summed E-state index contributed by atoms with van der Waals surface area (Å²) in [6, 6.07) is 16.3. The molecule has 2 aromatic carbocycles. The van der Waals surface area contributed by atoms with Crippen molar-refractivity contribution >= 4 is 46.7 Å². The first-order chi connectivity index (χ1) is 28.2. The zero-order chi connectivity index (χ0) is 41.6. The normalized spacial score (nSPS) is 24.2. The molecule has 1 aromatic heterocycles. The Hall–Kier alpha value is -5.19. The number of imide groups is 1. The number of aromatic nitrogens is 1. The first-order valence-electron chi connectivity index (χ1n) is 20.9. The molecule has 14 heteroatoms. The van der Waals surface area contributed by atoms with Crippen molar-refractivity contribution in [2.75, 3.05) is 55.6 Å². The van der Waals surface area contributed by atoms with Gasteiger partial charge >= 0.3 is 0 Å². The Morgan fingerprint density at radius 1 is 0.949 bits per heavy atom. The van der Waals surface area contributed by atoms with Gasteiger partial charge in [0.2, 0.25) is 11.8 Å². The first kappa shape index (κ1) is 40.6. The van der Waals surface area contributed by atoms with Gasteiger partial charge < -0.3 is 24.8 Å². The molecule has 59 heavy (non-hydrogen) atoms. The van der Waals surface area contributed by atoms with Gasteiger partial charge in [-0.1, -0.05) is 45.4 Å². The number of piperazine rings is 1. The second-order valence-corrected chi connectivity index (χ2v) is 18.4. The third kappa shape index (κ3) is 7.97. The predicted molar refractivity (Wildman–Crippen MR) is 224 cm³/mol. The molecule has 0 spiro atoms. The molecule has 3 aromatic rings. The lowest BCUT2D eigenvalue weighted by Crippen LogP contribution is -2.74. The molecular weight excluding hydrogens is 768 g/mol. The van der Waals surface area contributed by atoms with E-state index in [9.17, 15) is 24.4 Å². The summed E-state index contributed by atoms with van der Waals surface area (Å²) in [6.07, 6.45) is 5.48. The van der Waals surface area contributed by atoms with Gasteiger partial charge in [-0.15, -0.1) is 0 Å². The fourth-order valence-corrected chi connectivity index (χ4v) is 10.5. The Bertz CT molecular complexity index is 2150. The van der Waals surface area contributed by atoms with Gasteiger partial charge in [0.15, 0.2) is 0 Å². The number of pyridine rings is 1. The van der Waals surface area contributed by atoms with Crippen LogP contribution in [0.3, 0.4) is 0 Å². The van der Waals surface area contributed by atoms with Gasteiger partial charge in [-0.05, 0) is 80.1 Å². The second kappa shape index (κ2) is 16.1. The van der Waals surface area contributed by atoms with Gasteiger partial charge in [0.25, 0.3) is 11.8 Å². The van der Waals surface area contributed by atoms with Crippen LogP contribution in [-0.2, 0) is 16.1 Å². The van der Waals surface area contributed by atoms with Crippen LogP contribution in [0.5, 0.6) is 5.75 Å². The maximum Gasteiger partial charge on any atom is 0.255 e. The summed E-state index contributed by atoms with van der Waals surface area (Å²) in [4.78, 5) is 64.4. The van der Waals surface area contributed by atoms with Gasteiger partial charge in [-0.2, -0.15) is 5.26 Å². The summed E-state index contributed by atoms with van der Waals surface area (Å²) in [5.74, 6) is 1.19. The number of fused-ring (bicyclic) bond motifs is 1. The van der Waals surface area contributed by atoms with Crippen LogP contribution in [0.1, 0.15) is 91.6 Å². The standard InChI is InChI=1S/C45H53ClN8O5/c1-44(2)42(45(3,4)43(44)59-33-9-6-29(25-47)35(46)24-33)50-39(56)30-7-11-37(48-26-30)53-17-14-28(15-18-53)13-16-51-19-21-52(22-20-51)32-8-5-31-27-54(41(58)34(31)23-32)36-10-12-38(55)49-40(36)57/h5-9,11,23-24,26,28,36,42-43H,10,12-22,27H2,1-4H3,(H,50,56)(H,49,55,57)/t36?,42-,43-. The molecule has 1 aliphatic carbocycles. The third-order valence-electron chi connectivity index (χ3n) is 13.5. The quantitative estimate of drug-likeness (QED) is 0.254. The van der Waals surface area contributed by atoms with E-state index in [0.29, 0.717) is 46.3 Å². The number of piperidine rings is 2. The maximum absolute atomic E-state index is 13.5. The number of ether oxygens (including phenoxy) is 1. The highest BCUT2D eigenvalue weighted by atomic mass is 35.5. The Labute approximate surface area is 351 Å². The molecule has 5 heterocycles. The number of amides is 4. The van der Waals surface area contributed by atoms with E-state index in [0.717, 1.165) is 82.1 Å². The molecule has 1 atom stereocenters. The lowest BCUT2D eigenvalue weighted by molar-refractivity contribution is -0.164. The summed E-state index contributed by atoms with van der Waals surface area (Å²) >= 11 is 6.25. The van der Waals surface area contributed by atoms with E-state index in [1.165, 1.54) is 0 Å². The van der Waals surface area contributed by atoms with Crippen LogP contribution in [0.15, 0.2) is 54.7 Å². The average Bonchev–Trinajstić information content (AvgIpc) is 3.56. The Morgan fingerprint density at radius 3 is 2.36 bits per heavy atom. The number of benzene rings is 2. The van der Waals surface area contributed by atoms with Crippen molar-refractivity contribution < 1.29 is 23.9 Å². The SMILES string of the molecule is CC1(C)[C@H](NC(=O)c2ccc(N3CCC(CCN4CCN(c5ccc6c(c5)C(=O)N(C5CCC(=O)NC5=O)C6)CC4)CC3)nc2)C(C)(C)[C@H]1Oc1ccc(C#N)c(Cl)c1. The molecular formula is C45H53ClN8O5. The number of anilines is 2. The molecule has 1 saturated carbocycles. The molecule has 310 valence electrons. The van der Waals surface area contributed by atoms with E-state index in [1.807, 2.05) is 24.3 Å². The molecule has 0 radical (unpaired) electrons. The molecule has 2 N–H and O–H groups in total. The highest BCUT2D eigenvalue weighted by Crippen LogP contribution is 2.55. The highest BCUT2D eigenvalue weighted by molar-refractivity contribution is 6.31. The van der Waals surface area contributed by atoms with E-state index in [1.54, 1.807) is 29.3 Å². The minimum absolute atomic E-state index is 0.135. The zero-order valence-corrected chi connectivity index (χ0v) is 35.1. The smallest absolute Gasteiger partial charge is 0.255 e.